The van der Waals surface area contributed by atoms with Gasteiger partial charge in [0.25, 0.3) is 0 Å². The second kappa shape index (κ2) is 9.69. The van der Waals surface area contributed by atoms with E-state index in [1.54, 1.807) is 12.1 Å². The van der Waals surface area contributed by atoms with E-state index in [0.29, 0.717) is 5.56 Å². The number of aryl methyl sites for hydroxylation is 2. The zero-order chi connectivity index (χ0) is 20.8. The number of pyridine rings is 1. The maximum absolute atomic E-state index is 12.0. The number of methoxy groups -OCH3 is 1. The van der Waals surface area contributed by atoms with Crippen LogP contribution in [0, 0.1) is 0 Å². The van der Waals surface area contributed by atoms with Crippen molar-refractivity contribution in [2.24, 2.45) is 5.73 Å². The molecule has 3 N–H and O–H groups in total. The Morgan fingerprint density at radius 2 is 2.03 bits per heavy atom. The van der Waals surface area contributed by atoms with Crippen LogP contribution in [0.25, 0.3) is 21.9 Å². The smallest absolute Gasteiger partial charge is 0.337 e. The average Bonchev–Trinajstić information content (AvgIpc) is 3.12. The molecule has 3 rings (SSSR count). The minimum absolute atomic E-state index is 0.362. The Morgan fingerprint density at radius 1 is 1.21 bits per heavy atom. The summed E-state index contributed by atoms with van der Waals surface area (Å²) < 4.78 is 7.20. The van der Waals surface area contributed by atoms with Crippen LogP contribution in [0.15, 0.2) is 18.2 Å². The molecular formula is C22H31N5O2. The topological polar surface area (TPSA) is 95.1 Å². The van der Waals surface area contributed by atoms with E-state index in [0.717, 1.165) is 85.2 Å². The molecule has 0 radical (unpaired) electrons. The number of hydrogen-bond acceptors (Lipinski definition) is 6. The molecule has 0 spiro atoms. The second-order valence-corrected chi connectivity index (χ2v) is 7.26. The normalized spacial score (nSPS) is 11.3. The highest BCUT2D eigenvalue weighted by atomic mass is 16.5. The largest absolute Gasteiger partial charge is 0.465 e. The molecule has 0 saturated heterocycles. The van der Waals surface area contributed by atoms with Crippen LogP contribution in [0.3, 0.4) is 0 Å². The third-order valence-electron chi connectivity index (χ3n) is 5.25. The minimum Gasteiger partial charge on any atom is -0.465 e. The fraction of sp³-hybridized carbons (Fsp3) is 0.500. The Bertz CT molecular complexity index is 996. The molecule has 0 aliphatic heterocycles. The molecule has 0 saturated carbocycles. The number of nitrogens with zero attached hydrogens (tertiary/aromatic N) is 3. The fourth-order valence-electron chi connectivity index (χ4n) is 3.71. The van der Waals surface area contributed by atoms with Gasteiger partial charge in [-0.25, -0.2) is 14.8 Å². The number of ether oxygens (including phenoxy) is 1. The van der Waals surface area contributed by atoms with E-state index in [2.05, 4.69) is 16.8 Å². The number of carbonyl (C=O) groups excluding carboxylic acids is 1. The van der Waals surface area contributed by atoms with E-state index in [1.165, 1.54) is 7.11 Å². The number of hydrogen-bond donors (Lipinski definition) is 2. The molecule has 0 bridgehead atoms. The first-order valence-corrected chi connectivity index (χ1v) is 10.4. The highest BCUT2D eigenvalue weighted by Crippen LogP contribution is 2.31. The van der Waals surface area contributed by atoms with E-state index < -0.39 is 0 Å². The number of imidazole rings is 1. The fourth-order valence-corrected chi connectivity index (χ4v) is 3.71. The number of anilines is 1. The number of nitrogens with one attached hydrogen (secondary N) is 1. The number of nitrogens with two attached hydrogens (primary N) is 1. The predicted molar refractivity (Wildman–Crippen MR) is 117 cm³/mol. The van der Waals surface area contributed by atoms with E-state index >= 15 is 0 Å². The van der Waals surface area contributed by atoms with Gasteiger partial charge in [-0.15, -0.1) is 0 Å². The van der Waals surface area contributed by atoms with Crippen molar-refractivity contribution in [1.82, 2.24) is 14.5 Å². The number of aromatic nitrogens is 3. The van der Waals surface area contributed by atoms with E-state index in [-0.39, 0.29) is 5.97 Å². The molecule has 0 unspecified atom stereocenters. The van der Waals surface area contributed by atoms with Crippen molar-refractivity contribution in [3.63, 3.8) is 0 Å². The molecule has 7 heteroatoms. The van der Waals surface area contributed by atoms with Gasteiger partial charge < -0.3 is 20.4 Å². The predicted octanol–water partition coefficient (Wildman–Crippen LogP) is 3.88. The Kier molecular flexibility index (Phi) is 7.04. The van der Waals surface area contributed by atoms with Crippen molar-refractivity contribution in [3.8, 4) is 0 Å². The molecule has 156 valence electrons. The number of fused-ring (bicyclic) bond motifs is 3. The zero-order valence-corrected chi connectivity index (χ0v) is 17.6. The van der Waals surface area contributed by atoms with Crippen molar-refractivity contribution in [1.29, 1.82) is 0 Å². The summed E-state index contributed by atoms with van der Waals surface area (Å²) in [4.78, 5) is 21.7. The van der Waals surface area contributed by atoms with Crippen LogP contribution in [0.1, 0.15) is 55.2 Å². The van der Waals surface area contributed by atoms with Gasteiger partial charge in [0.15, 0.2) is 5.82 Å². The first kappa shape index (κ1) is 21.0. The molecular weight excluding hydrogens is 366 g/mol. The lowest BCUT2D eigenvalue weighted by atomic mass is 10.1. The Balaban J connectivity index is 2.19. The molecule has 0 amide bonds. The molecule has 0 fully saturated rings. The molecule has 29 heavy (non-hydrogen) atoms. The van der Waals surface area contributed by atoms with Crippen molar-refractivity contribution in [2.45, 2.75) is 52.0 Å². The summed E-state index contributed by atoms with van der Waals surface area (Å²) in [5, 5.41) is 4.18. The zero-order valence-electron chi connectivity index (χ0n) is 17.6. The maximum atomic E-state index is 12.0. The number of benzene rings is 1. The van der Waals surface area contributed by atoms with E-state index in [9.17, 15) is 4.79 Å². The lowest BCUT2D eigenvalue weighted by molar-refractivity contribution is 0.0601. The average molecular weight is 398 g/mol. The third-order valence-corrected chi connectivity index (χ3v) is 5.25. The quantitative estimate of drug-likeness (QED) is 0.398. The monoisotopic (exact) mass is 397 g/mol. The second-order valence-electron chi connectivity index (χ2n) is 7.26. The minimum atomic E-state index is -0.362. The summed E-state index contributed by atoms with van der Waals surface area (Å²) in [5.74, 6) is 1.46. The van der Waals surface area contributed by atoms with Crippen LogP contribution in [-0.2, 0) is 17.7 Å². The Labute approximate surface area is 171 Å². The van der Waals surface area contributed by atoms with Gasteiger partial charge in [0.2, 0.25) is 0 Å². The molecule has 0 aliphatic rings. The van der Waals surface area contributed by atoms with Gasteiger partial charge in [0, 0.05) is 25.4 Å². The lowest BCUT2D eigenvalue weighted by Crippen LogP contribution is -2.06. The number of unbranched alkanes of at least 4 members (excludes halogenated alkanes) is 3. The lowest BCUT2D eigenvalue weighted by Gasteiger charge is -2.12. The summed E-state index contributed by atoms with van der Waals surface area (Å²) in [6.07, 6.45) is 6.34. The van der Waals surface area contributed by atoms with Gasteiger partial charge in [-0.3, -0.25) is 0 Å². The van der Waals surface area contributed by atoms with Gasteiger partial charge in [0.05, 0.1) is 23.7 Å². The molecule has 7 nitrogen and oxygen atoms in total. The summed E-state index contributed by atoms with van der Waals surface area (Å²) in [7, 11) is 3.24. The van der Waals surface area contributed by atoms with Crippen molar-refractivity contribution in [2.75, 3.05) is 26.0 Å². The third kappa shape index (κ3) is 4.34. The van der Waals surface area contributed by atoms with Crippen molar-refractivity contribution >= 4 is 33.7 Å². The number of rotatable bonds is 10. The van der Waals surface area contributed by atoms with Crippen LogP contribution in [-0.4, -0.2) is 41.2 Å². The highest BCUT2D eigenvalue weighted by molar-refractivity contribution is 6.08. The first-order valence-electron chi connectivity index (χ1n) is 10.4. The summed E-state index contributed by atoms with van der Waals surface area (Å²) in [6, 6.07) is 5.54. The van der Waals surface area contributed by atoms with Crippen LogP contribution >= 0.6 is 0 Å². The number of carbonyl (C=O) groups is 1. The standard InChI is InChI=1S/C22H31N5O2/c1-4-5-9-18-26-19-20(27(18)13-8-6-7-12-23)16-11-10-15(22(28)29-3)14-17(16)25-21(19)24-2/h10-11,14H,4-9,12-13,23H2,1-3H3,(H,24,25). The Hall–Kier alpha value is -2.67. The molecule has 0 aliphatic carbocycles. The van der Waals surface area contributed by atoms with Crippen molar-refractivity contribution in [3.05, 3.63) is 29.6 Å². The Morgan fingerprint density at radius 3 is 2.72 bits per heavy atom. The SMILES string of the molecule is CCCCc1nc2c(NC)nc3cc(C(=O)OC)ccc3c2n1CCCCCN. The molecule has 1 aromatic carbocycles. The van der Waals surface area contributed by atoms with Gasteiger partial charge in [-0.2, -0.15) is 0 Å². The summed E-state index contributed by atoms with van der Waals surface area (Å²) in [5.41, 5.74) is 8.88. The van der Waals surface area contributed by atoms with Gasteiger partial charge in [-0.1, -0.05) is 19.8 Å². The van der Waals surface area contributed by atoms with Crippen LogP contribution in [0.2, 0.25) is 0 Å². The van der Waals surface area contributed by atoms with Gasteiger partial charge >= 0.3 is 5.97 Å². The van der Waals surface area contributed by atoms with Crippen LogP contribution in [0.5, 0.6) is 0 Å². The van der Waals surface area contributed by atoms with Crippen LogP contribution in [0.4, 0.5) is 5.82 Å². The van der Waals surface area contributed by atoms with Crippen molar-refractivity contribution < 1.29 is 9.53 Å². The molecule has 0 atom stereocenters. The summed E-state index contributed by atoms with van der Waals surface area (Å²) >= 11 is 0. The maximum Gasteiger partial charge on any atom is 0.337 e. The molecule has 3 aromatic rings. The van der Waals surface area contributed by atoms with E-state index in [4.69, 9.17) is 20.4 Å². The van der Waals surface area contributed by atoms with Crippen LogP contribution < -0.4 is 11.1 Å². The van der Waals surface area contributed by atoms with Gasteiger partial charge in [0.1, 0.15) is 11.3 Å². The highest BCUT2D eigenvalue weighted by Gasteiger charge is 2.19. The van der Waals surface area contributed by atoms with E-state index in [1.807, 2.05) is 13.1 Å². The summed E-state index contributed by atoms with van der Waals surface area (Å²) in [6.45, 7) is 3.82. The first-order chi connectivity index (χ1) is 14.1. The molecule has 2 heterocycles. The van der Waals surface area contributed by atoms with Gasteiger partial charge in [-0.05, 0) is 44.0 Å². The number of esters is 1. The molecule has 2 aromatic heterocycles.